The first-order valence-electron chi connectivity index (χ1n) is 5.75. The van der Waals surface area contributed by atoms with Gasteiger partial charge in [-0.25, -0.2) is 9.97 Å². The average molecular weight is 328 g/mol. The van der Waals surface area contributed by atoms with Crippen molar-refractivity contribution < 1.29 is 17.9 Å². The maximum atomic E-state index is 12.4. The molecule has 0 aliphatic rings. The van der Waals surface area contributed by atoms with E-state index in [1.165, 1.54) is 23.5 Å². The first-order chi connectivity index (χ1) is 10.0. The predicted octanol–water partition coefficient (Wildman–Crippen LogP) is 4.74. The lowest BCUT2D eigenvalue weighted by Gasteiger charge is -2.11. The summed E-state index contributed by atoms with van der Waals surface area (Å²) in [5.74, 6) is -0.234. The minimum Gasteiger partial charge on any atom is -0.405 e. The molecule has 0 atom stereocenters. The van der Waals surface area contributed by atoms with Crippen LogP contribution in [0.1, 0.15) is 0 Å². The van der Waals surface area contributed by atoms with Crippen LogP contribution in [-0.4, -0.2) is 16.3 Å². The summed E-state index contributed by atoms with van der Waals surface area (Å²) in [6.45, 7) is 0. The molecule has 0 aliphatic heterocycles. The third kappa shape index (κ3) is 3.45. The van der Waals surface area contributed by atoms with Crippen LogP contribution in [0.5, 0.6) is 5.75 Å². The molecule has 0 N–H and O–H groups in total. The predicted molar refractivity (Wildman–Crippen MR) is 74.7 cm³/mol. The van der Waals surface area contributed by atoms with Gasteiger partial charge in [-0.2, -0.15) is 0 Å². The number of aromatic nitrogens is 2. The summed E-state index contributed by atoms with van der Waals surface area (Å²) in [6, 6.07) is 9.55. The van der Waals surface area contributed by atoms with Gasteiger partial charge in [0, 0.05) is 6.20 Å². The van der Waals surface area contributed by atoms with E-state index >= 15 is 0 Å². The summed E-state index contributed by atoms with van der Waals surface area (Å²) >= 11 is 2.45. The van der Waals surface area contributed by atoms with Crippen molar-refractivity contribution in [1.82, 2.24) is 9.97 Å². The number of fused-ring (bicyclic) bond motifs is 1. The molecule has 0 amide bonds. The highest BCUT2D eigenvalue weighted by atomic mass is 32.2. The molecule has 8 heteroatoms. The molecule has 2 heterocycles. The number of hydrogen-bond acceptors (Lipinski definition) is 5. The fourth-order valence-corrected chi connectivity index (χ4v) is 3.63. The molecule has 0 saturated carbocycles. The van der Waals surface area contributed by atoms with E-state index in [2.05, 4.69) is 14.7 Å². The quantitative estimate of drug-likeness (QED) is 0.695. The average Bonchev–Trinajstić information content (AvgIpc) is 2.81. The smallest absolute Gasteiger partial charge is 0.405 e. The van der Waals surface area contributed by atoms with Crippen molar-refractivity contribution in [2.75, 3.05) is 0 Å². The van der Waals surface area contributed by atoms with Gasteiger partial charge in [-0.15, -0.1) is 13.2 Å². The minimum atomic E-state index is -4.72. The molecule has 0 aliphatic carbocycles. The highest BCUT2D eigenvalue weighted by molar-refractivity contribution is 8.01. The Kier molecular flexibility index (Phi) is 3.73. The maximum absolute atomic E-state index is 12.4. The van der Waals surface area contributed by atoms with Gasteiger partial charge >= 0.3 is 6.36 Å². The van der Waals surface area contributed by atoms with Crippen molar-refractivity contribution in [3.63, 3.8) is 0 Å². The Balaban J connectivity index is 1.90. The van der Waals surface area contributed by atoms with Crippen LogP contribution >= 0.6 is 23.1 Å². The molecule has 0 radical (unpaired) electrons. The molecular weight excluding hydrogens is 321 g/mol. The third-order valence-corrected chi connectivity index (χ3v) is 4.52. The zero-order valence-corrected chi connectivity index (χ0v) is 11.9. The zero-order chi connectivity index (χ0) is 14.9. The van der Waals surface area contributed by atoms with Crippen molar-refractivity contribution in [2.45, 2.75) is 15.6 Å². The van der Waals surface area contributed by atoms with E-state index < -0.39 is 6.36 Å². The Hall–Kier alpha value is -1.80. The Morgan fingerprint density at radius 1 is 1.10 bits per heavy atom. The van der Waals surface area contributed by atoms with Gasteiger partial charge in [0.15, 0.2) is 4.34 Å². The summed E-state index contributed by atoms with van der Waals surface area (Å²) in [4.78, 5) is 9.58. The first-order valence-corrected chi connectivity index (χ1v) is 7.39. The Labute approximate surface area is 125 Å². The van der Waals surface area contributed by atoms with Crippen molar-refractivity contribution in [3.05, 3.63) is 42.6 Å². The van der Waals surface area contributed by atoms with Crippen LogP contribution in [0.4, 0.5) is 13.2 Å². The Morgan fingerprint density at radius 2 is 1.90 bits per heavy atom. The van der Waals surface area contributed by atoms with Gasteiger partial charge in [0.05, 0.1) is 4.90 Å². The number of halogens is 3. The second-order valence-corrected chi connectivity index (χ2v) is 6.17. The molecule has 0 saturated heterocycles. The number of hydrogen-bond donors (Lipinski definition) is 0. The highest BCUT2D eigenvalue weighted by Gasteiger charge is 2.32. The standard InChI is InChI=1S/C13H7F3N2OS2/c14-13(15,16)19-9-5-1-2-6-10(9)20-12-18-8-4-3-7-17-11(8)21-12/h1-7H. The minimum absolute atomic E-state index is 0.234. The zero-order valence-electron chi connectivity index (χ0n) is 10.3. The van der Waals surface area contributed by atoms with E-state index in [0.717, 1.165) is 22.1 Å². The molecule has 3 rings (SSSR count). The van der Waals surface area contributed by atoms with Crippen LogP contribution in [0.3, 0.4) is 0 Å². The van der Waals surface area contributed by atoms with Crippen LogP contribution in [0.2, 0.25) is 0 Å². The fraction of sp³-hybridized carbons (Fsp3) is 0.0769. The lowest BCUT2D eigenvalue weighted by molar-refractivity contribution is -0.275. The second-order valence-electron chi connectivity index (χ2n) is 3.90. The van der Waals surface area contributed by atoms with Crippen LogP contribution in [0.15, 0.2) is 51.8 Å². The fourth-order valence-electron chi connectivity index (χ4n) is 1.63. The number of rotatable bonds is 3. The topological polar surface area (TPSA) is 35.0 Å². The van der Waals surface area contributed by atoms with E-state index in [4.69, 9.17) is 0 Å². The van der Waals surface area contributed by atoms with E-state index in [1.54, 1.807) is 30.5 Å². The molecule has 0 unspecified atom stereocenters. The molecule has 21 heavy (non-hydrogen) atoms. The number of alkyl halides is 3. The van der Waals surface area contributed by atoms with Crippen LogP contribution in [0.25, 0.3) is 10.3 Å². The van der Waals surface area contributed by atoms with E-state index in [1.807, 2.05) is 0 Å². The highest BCUT2D eigenvalue weighted by Crippen LogP contribution is 2.39. The van der Waals surface area contributed by atoms with Gasteiger partial charge in [-0.1, -0.05) is 35.2 Å². The third-order valence-electron chi connectivity index (χ3n) is 2.42. The Morgan fingerprint density at radius 3 is 2.67 bits per heavy atom. The normalized spacial score (nSPS) is 11.8. The maximum Gasteiger partial charge on any atom is 0.573 e. The molecule has 108 valence electrons. The molecular formula is C13H7F3N2OS2. The van der Waals surface area contributed by atoms with Crippen molar-refractivity contribution in [3.8, 4) is 5.75 Å². The van der Waals surface area contributed by atoms with Crippen LogP contribution in [-0.2, 0) is 0 Å². The molecule has 3 nitrogen and oxygen atoms in total. The van der Waals surface area contributed by atoms with Crippen LogP contribution in [0, 0.1) is 0 Å². The summed E-state index contributed by atoms with van der Waals surface area (Å²) in [6.07, 6.45) is -3.07. The van der Waals surface area contributed by atoms with Gasteiger partial charge in [0.1, 0.15) is 16.1 Å². The van der Waals surface area contributed by atoms with Crippen LogP contribution < -0.4 is 4.74 Å². The lowest BCUT2D eigenvalue weighted by atomic mass is 10.3. The van der Waals surface area contributed by atoms with Gasteiger partial charge in [-0.05, 0) is 24.3 Å². The van der Waals surface area contributed by atoms with Crippen molar-refractivity contribution in [2.24, 2.45) is 0 Å². The van der Waals surface area contributed by atoms with Gasteiger partial charge in [0.25, 0.3) is 0 Å². The molecule has 0 fully saturated rings. The largest absolute Gasteiger partial charge is 0.573 e. The van der Waals surface area contributed by atoms with Gasteiger partial charge < -0.3 is 4.74 Å². The number of benzene rings is 1. The number of thiazole rings is 1. The number of pyridine rings is 1. The number of para-hydroxylation sites is 1. The SMILES string of the molecule is FC(F)(F)Oc1ccccc1Sc1nc2cccnc2s1. The summed E-state index contributed by atoms with van der Waals surface area (Å²) in [7, 11) is 0. The van der Waals surface area contributed by atoms with Gasteiger partial charge in [0.2, 0.25) is 0 Å². The first kappa shape index (κ1) is 14.2. The van der Waals surface area contributed by atoms with E-state index in [-0.39, 0.29) is 5.75 Å². The van der Waals surface area contributed by atoms with Crippen molar-refractivity contribution >= 4 is 33.4 Å². The summed E-state index contributed by atoms with van der Waals surface area (Å²) in [5.41, 5.74) is 0.722. The summed E-state index contributed by atoms with van der Waals surface area (Å²) < 4.78 is 41.8. The molecule has 1 aromatic carbocycles. The van der Waals surface area contributed by atoms with Gasteiger partial charge in [-0.3, -0.25) is 0 Å². The molecule has 0 bridgehead atoms. The van der Waals surface area contributed by atoms with Crippen molar-refractivity contribution in [1.29, 1.82) is 0 Å². The Bertz CT molecular complexity index is 740. The molecule has 2 aromatic heterocycles. The molecule has 3 aromatic rings. The second kappa shape index (κ2) is 5.53. The molecule has 0 spiro atoms. The number of nitrogens with zero attached hydrogens (tertiary/aromatic N) is 2. The number of ether oxygens (including phenoxy) is 1. The lowest BCUT2D eigenvalue weighted by Crippen LogP contribution is -2.17. The van der Waals surface area contributed by atoms with E-state index in [0.29, 0.717) is 9.24 Å². The monoisotopic (exact) mass is 328 g/mol. The van der Waals surface area contributed by atoms with E-state index in [9.17, 15) is 13.2 Å². The summed E-state index contributed by atoms with van der Waals surface area (Å²) in [5, 5.41) is 0.